The zero-order chi connectivity index (χ0) is 12.4. The standard InChI is InChI=1S/C13H11FN2O/c14-10-7-6-9(13(16)17)11(12(10)15)8-4-2-1-3-5-8/h1-7H,15H2,(H2,16,17). The molecule has 0 bridgehead atoms. The first-order valence-electron chi connectivity index (χ1n) is 5.04. The van der Waals surface area contributed by atoms with E-state index < -0.39 is 11.7 Å². The number of primary amides is 1. The van der Waals surface area contributed by atoms with Crippen LogP contribution in [0.1, 0.15) is 10.4 Å². The molecule has 2 aromatic carbocycles. The van der Waals surface area contributed by atoms with Crippen LogP contribution in [0.2, 0.25) is 0 Å². The number of carbonyl (C=O) groups is 1. The van der Waals surface area contributed by atoms with Gasteiger partial charge in [-0.1, -0.05) is 30.3 Å². The fourth-order valence-corrected chi connectivity index (χ4v) is 1.72. The number of amides is 1. The van der Waals surface area contributed by atoms with E-state index in [1.165, 1.54) is 6.07 Å². The topological polar surface area (TPSA) is 69.1 Å². The van der Waals surface area contributed by atoms with Crippen LogP contribution in [-0.4, -0.2) is 5.91 Å². The van der Waals surface area contributed by atoms with Crippen molar-refractivity contribution in [2.24, 2.45) is 5.73 Å². The minimum atomic E-state index is -0.629. The van der Waals surface area contributed by atoms with Crippen LogP contribution in [-0.2, 0) is 0 Å². The second-order valence-corrected chi connectivity index (χ2v) is 3.61. The number of hydrogen-bond donors (Lipinski definition) is 2. The summed E-state index contributed by atoms with van der Waals surface area (Å²) < 4.78 is 13.4. The predicted octanol–water partition coefficient (Wildman–Crippen LogP) is 2.17. The molecule has 0 aliphatic rings. The Balaban J connectivity index is 2.74. The number of nitrogen functional groups attached to an aromatic ring is 1. The van der Waals surface area contributed by atoms with Crippen molar-refractivity contribution in [2.45, 2.75) is 0 Å². The molecule has 4 N–H and O–H groups in total. The fourth-order valence-electron chi connectivity index (χ4n) is 1.72. The Morgan fingerprint density at radius 1 is 1.06 bits per heavy atom. The van der Waals surface area contributed by atoms with E-state index in [0.29, 0.717) is 11.1 Å². The molecule has 0 aliphatic carbocycles. The molecule has 0 radical (unpaired) electrons. The van der Waals surface area contributed by atoms with Crippen LogP contribution in [0.5, 0.6) is 0 Å². The first kappa shape index (κ1) is 11.1. The quantitative estimate of drug-likeness (QED) is 0.776. The third-order valence-electron chi connectivity index (χ3n) is 2.52. The molecule has 0 unspecified atom stereocenters. The highest BCUT2D eigenvalue weighted by Crippen LogP contribution is 2.31. The van der Waals surface area contributed by atoms with Gasteiger partial charge in [0.25, 0.3) is 0 Å². The summed E-state index contributed by atoms with van der Waals surface area (Å²) in [5.41, 5.74) is 12.1. The Labute approximate surface area is 97.9 Å². The summed E-state index contributed by atoms with van der Waals surface area (Å²) in [4.78, 5) is 11.3. The highest BCUT2D eigenvalue weighted by molar-refractivity contribution is 6.02. The Kier molecular flexibility index (Phi) is 2.78. The molecule has 0 saturated heterocycles. The summed E-state index contributed by atoms with van der Waals surface area (Å²) >= 11 is 0. The normalized spacial score (nSPS) is 10.2. The van der Waals surface area contributed by atoms with Gasteiger partial charge in [0, 0.05) is 11.1 Å². The Morgan fingerprint density at radius 3 is 2.29 bits per heavy atom. The van der Waals surface area contributed by atoms with Crippen LogP contribution >= 0.6 is 0 Å². The highest BCUT2D eigenvalue weighted by atomic mass is 19.1. The summed E-state index contributed by atoms with van der Waals surface area (Å²) in [6.07, 6.45) is 0. The first-order valence-corrected chi connectivity index (χ1v) is 5.04. The molecule has 0 spiro atoms. The van der Waals surface area contributed by atoms with Gasteiger partial charge >= 0.3 is 0 Å². The lowest BCUT2D eigenvalue weighted by molar-refractivity contribution is 0.100. The van der Waals surface area contributed by atoms with Crippen molar-refractivity contribution in [1.82, 2.24) is 0 Å². The van der Waals surface area contributed by atoms with Gasteiger partial charge in [-0.25, -0.2) is 4.39 Å². The maximum atomic E-state index is 13.4. The lowest BCUT2D eigenvalue weighted by atomic mass is 9.97. The van der Waals surface area contributed by atoms with E-state index in [-0.39, 0.29) is 11.3 Å². The molecule has 0 atom stereocenters. The third kappa shape index (κ3) is 1.97. The van der Waals surface area contributed by atoms with Crippen molar-refractivity contribution in [3.05, 3.63) is 53.8 Å². The molecule has 0 heterocycles. The zero-order valence-corrected chi connectivity index (χ0v) is 8.98. The minimum Gasteiger partial charge on any atom is -0.396 e. The van der Waals surface area contributed by atoms with Crippen LogP contribution < -0.4 is 11.5 Å². The highest BCUT2D eigenvalue weighted by Gasteiger charge is 2.15. The zero-order valence-electron chi connectivity index (χ0n) is 8.98. The summed E-state index contributed by atoms with van der Waals surface area (Å²) in [5, 5.41) is 0. The molecule has 0 saturated carbocycles. The molecule has 86 valence electrons. The number of benzene rings is 2. The summed E-state index contributed by atoms with van der Waals surface area (Å²) in [5.74, 6) is -1.19. The Bertz CT molecular complexity index is 567. The lowest BCUT2D eigenvalue weighted by Gasteiger charge is -2.11. The van der Waals surface area contributed by atoms with Crippen molar-refractivity contribution in [1.29, 1.82) is 0 Å². The van der Waals surface area contributed by atoms with Gasteiger partial charge in [-0.3, -0.25) is 4.79 Å². The van der Waals surface area contributed by atoms with Gasteiger partial charge in [0.2, 0.25) is 5.91 Å². The molecule has 3 nitrogen and oxygen atoms in total. The van der Waals surface area contributed by atoms with Gasteiger partial charge in [-0.05, 0) is 17.7 Å². The molecule has 2 rings (SSSR count). The van der Waals surface area contributed by atoms with Crippen LogP contribution in [0.25, 0.3) is 11.1 Å². The fraction of sp³-hybridized carbons (Fsp3) is 0. The molecule has 2 aromatic rings. The largest absolute Gasteiger partial charge is 0.396 e. The number of nitrogens with two attached hydrogens (primary N) is 2. The predicted molar refractivity (Wildman–Crippen MR) is 64.8 cm³/mol. The monoisotopic (exact) mass is 230 g/mol. The summed E-state index contributed by atoms with van der Waals surface area (Å²) in [6.45, 7) is 0. The van der Waals surface area contributed by atoms with Gasteiger partial charge < -0.3 is 11.5 Å². The van der Waals surface area contributed by atoms with E-state index in [4.69, 9.17) is 11.5 Å². The van der Waals surface area contributed by atoms with Gasteiger partial charge in [0.1, 0.15) is 5.82 Å². The first-order chi connectivity index (χ1) is 8.11. The summed E-state index contributed by atoms with van der Waals surface area (Å²) in [6, 6.07) is 11.4. The van der Waals surface area contributed by atoms with E-state index >= 15 is 0 Å². The molecule has 4 heteroatoms. The molecule has 1 amide bonds. The maximum absolute atomic E-state index is 13.4. The molecule has 0 fully saturated rings. The van der Waals surface area contributed by atoms with Crippen molar-refractivity contribution in [2.75, 3.05) is 5.73 Å². The van der Waals surface area contributed by atoms with Crippen molar-refractivity contribution in [3.63, 3.8) is 0 Å². The van der Waals surface area contributed by atoms with Gasteiger partial charge in [-0.2, -0.15) is 0 Å². The molecular formula is C13H11FN2O. The average molecular weight is 230 g/mol. The van der Waals surface area contributed by atoms with E-state index in [9.17, 15) is 9.18 Å². The smallest absolute Gasteiger partial charge is 0.249 e. The van der Waals surface area contributed by atoms with Crippen LogP contribution in [0.15, 0.2) is 42.5 Å². The second-order valence-electron chi connectivity index (χ2n) is 3.61. The number of halogens is 1. The maximum Gasteiger partial charge on any atom is 0.249 e. The van der Waals surface area contributed by atoms with Gasteiger partial charge in [-0.15, -0.1) is 0 Å². The average Bonchev–Trinajstić information content (AvgIpc) is 2.33. The van der Waals surface area contributed by atoms with Crippen molar-refractivity contribution in [3.8, 4) is 11.1 Å². The minimum absolute atomic E-state index is 0.0625. The van der Waals surface area contributed by atoms with Gasteiger partial charge in [0.05, 0.1) is 5.69 Å². The second kappa shape index (κ2) is 4.25. The van der Waals surface area contributed by atoms with Crippen molar-refractivity contribution < 1.29 is 9.18 Å². The van der Waals surface area contributed by atoms with Crippen LogP contribution in [0, 0.1) is 5.82 Å². The number of rotatable bonds is 2. The molecular weight excluding hydrogens is 219 g/mol. The summed E-state index contributed by atoms with van der Waals surface area (Å²) in [7, 11) is 0. The van der Waals surface area contributed by atoms with E-state index in [1.807, 2.05) is 6.07 Å². The Hall–Kier alpha value is -2.36. The van der Waals surface area contributed by atoms with Crippen LogP contribution in [0.4, 0.5) is 10.1 Å². The Morgan fingerprint density at radius 2 is 1.71 bits per heavy atom. The molecule has 0 aliphatic heterocycles. The number of carbonyl (C=O) groups excluding carboxylic acids is 1. The lowest BCUT2D eigenvalue weighted by Crippen LogP contribution is -2.14. The van der Waals surface area contributed by atoms with E-state index in [1.54, 1.807) is 24.3 Å². The van der Waals surface area contributed by atoms with Crippen LogP contribution in [0.3, 0.4) is 0 Å². The van der Waals surface area contributed by atoms with E-state index in [2.05, 4.69) is 0 Å². The van der Waals surface area contributed by atoms with E-state index in [0.717, 1.165) is 6.07 Å². The number of anilines is 1. The SMILES string of the molecule is NC(=O)c1ccc(F)c(N)c1-c1ccccc1. The third-order valence-corrected chi connectivity index (χ3v) is 2.52. The van der Waals surface area contributed by atoms with Gasteiger partial charge in [0.15, 0.2) is 0 Å². The number of hydrogen-bond acceptors (Lipinski definition) is 2. The molecule has 0 aromatic heterocycles. The molecule has 17 heavy (non-hydrogen) atoms. The van der Waals surface area contributed by atoms with Crippen molar-refractivity contribution >= 4 is 11.6 Å².